The number of nitrogen functional groups attached to an aromatic ring is 1. The van der Waals surface area contributed by atoms with E-state index in [4.69, 9.17) is 15.2 Å². The highest BCUT2D eigenvalue weighted by molar-refractivity contribution is 7.19. The quantitative estimate of drug-likeness (QED) is 0.636. The number of rotatable bonds is 5. The number of nitrogens with two attached hydrogens (primary N) is 1. The van der Waals surface area contributed by atoms with E-state index in [-0.39, 0.29) is 17.0 Å². The van der Waals surface area contributed by atoms with Crippen LogP contribution in [0.25, 0.3) is 0 Å². The minimum absolute atomic E-state index is 0.157. The van der Waals surface area contributed by atoms with Crippen LogP contribution in [0.5, 0.6) is 0 Å². The second-order valence-corrected chi connectivity index (χ2v) is 5.73. The molecule has 0 saturated carbocycles. The Morgan fingerprint density at radius 3 is 2.85 bits per heavy atom. The molecule has 1 aliphatic rings. The number of methoxy groups -OCH3 is 1. The Kier molecular flexibility index (Phi) is 4.61. The highest BCUT2D eigenvalue weighted by Crippen LogP contribution is 2.36. The molecule has 2 rings (SSSR count). The van der Waals surface area contributed by atoms with Gasteiger partial charge in [0, 0.05) is 26.0 Å². The zero-order valence-corrected chi connectivity index (χ0v) is 12.3. The summed E-state index contributed by atoms with van der Waals surface area (Å²) >= 11 is 1.19. The van der Waals surface area contributed by atoms with Crippen LogP contribution in [0.4, 0.5) is 10.7 Å². The molecule has 0 aromatic carbocycles. The summed E-state index contributed by atoms with van der Waals surface area (Å²) in [4.78, 5) is 23.7. The summed E-state index contributed by atoms with van der Waals surface area (Å²) in [6.45, 7) is 3.58. The molecule has 7 heteroatoms. The zero-order valence-electron chi connectivity index (χ0n) is 11.5. The standard InChI is InChI=1S/C13H18N2O4S/c1-7(16)11-10(14)9(13(17)18-2)12(20-11)15-5-8-3-4-19-6-8/h8,15H,3-6,14H2,1-2H3. The maximum Gasteiger partial charge on any atom is 0.343 e. The molecule has 110 valence electrons. The average Bonchev–Trinajstić information content (AvgIpc) is 3.03. The van der Waals surface area contributed by atoms with Gasteiger partial charge < -0.3 is 20.5 Å². The molecule has 0 aliphatic carbocycles. The van der Waals surface area contributed by atoms with E-state index in [1.54, 1.807) is 0 Å². The van der Waals surface area contributed by atoms with Crippen LogP contribution in [0.15, 0.2) is 0 Å². The summed E-state index contributed by atoms with van der Waals surface area (Å²) in [5.74, 6) is -0.282. The zero-order chi connectivity index (χ0) is 14.7. The number of nitrogens with one attached hydrogen (secondary N) is 1. The van der Waals surface area contributed by atoms with E-state index < -0.39 is 5.97 Å². The fourth-order valence-corrected chi connectivity index (χ4v) is 3.13. The van der Waals surface area contributed by atoms with Crippen molar-refractivity contribution in [3.05, 3.63) is 10.4 Å². The van der Waals surface area contributed by atoms with E-state index in [0.29, 0.717) is 28.9 Å². The number of hydrogen-bond donors (Lipinski definition) is 2. The van der Waals surface area contributed by atoms with Crippen LogP contribution in [0, 0.1) is 5.92 Å². The van der Waals surface area contributed by atoms with E-state index in [1.165, 1.54) is 25.4 Å². The van der Waals surface area contributed by atoms with Gasteiger partial charge in [-0.1, -0.05) is 0 Å². The van der Waals surface area contributed by atoms with Crippen molar-refractivity contribution in [3.8, 4) is 0 Å². The van der Waals surface area contributed by atoms with Crippen LogP contribution in [0.1, 0.15) is 33.4 Å². The number of ether oxygens (including phenoxy) is 2. The monoisotopic (exact) mass is 298 g/mol. The molecular formula is C13H18N2O4S. The van der Waals surface area contributed by atoms with E-state index in [1.807, 2.05) is 0 Å². The van der Waals surface area contributed by atoms with Crippen molar-refractivity contribution in [2.75, 3.05) is 37.9 Å². The van der Waals surface area contributed by atoms with E-state index in [2.05, 4.69) is 5.32 Å². The third-order valence-corrected chi connectivity index (χ3v) is 4.49. The third kappa shape index (κ3) is 2.94. The largest absolute Gasteiger partial charge is 0.465 e. The first-order valence-electron chi connectivity index (χ1n) is 6.37. The summed E-state index contributed by atoms with van der Waals surface area (Å²) in [5, 5.41) is 3.78. The molecule has 1 unspecified atom stereocenters. The maximum atomic E-state index is 11.8. The van der Waals surface area contributed by atoms with Crippen molar-refractivity contribution in [3.63, 3.8) is 0 Å². The van der Waals surface area contributed by atoms with E-state index >= 15 is 0 Å². The topological polar surface area (TPSA) is 90.6 Å². The number of carbonyl (C=O) groups excluding carboxylic acids is 2. The van der Waals surface area contributed by atoms with Crippen LogP contribution >= 0.6 is 11.3 Å². The Morgan fingerprint density at radius 1 is 1.55 bits per heavy atom. The molecule has 1 saturated heterocycles. The van der Waals surface area contributed by atoms with Gasteiger partial charge in [0.2, 0.25) is 0 Å². The molecule has 3 N–H and O–H groups in total. The van der Waals surface area contributed by atoms with Gasteiger partial charge in [0.1, 0.15) is 10.6 Å². The molecule has 20 heavy (non-hydrogen) atoms. The van der Waals surface area contributed by atoms with Crippen molar-refractivity contribution in [2.24, 2.45) is 5.92 Å². The number of thiophene rings is 1. The Hall–Kier alpha value is -1.60. The van der Waals surface area contributed by atoms with Crippen molar-refractivity contribution in [2.45, 2.75) is 13.3 Å². The molecule has 1 fully saturated rings. The lowest BCUT2D eigenvalue weighted by molar-refractivity contribution is 0.0603. The third-order valence-electron chi connectivity index (χ3n) is 3.23. The van der Waals surface area contributed by atoms with Gasteiger partial charge in [-0.05, 0) is 6.42 Å². The summed E-state index contributed by atoms with van der Waals surface area (Å²) in [6.07, 6.45) is 0.987. The van der Waals surface area contributed by atoms with Gasteiger partial charge >= 0.3 is 5.97 Å². The highest BCUT2D eigenvalue weighted by Gasteiger charge is 2.25. The van der Waals surface area contributed by atoms with Gasteiger partial charge in [-0.3, -0.25) is 4.79 Å². The fraction of sp³-hybridized carbons (Fsp3) is 0.538. The number of ketones is 1. The van der Waals surface area contributed by atoms with Gasteiger partial charge in [0.05, 0.1) is 24.3 Å². The number of anilines is 2. The van der Waals surface area contributed by atoms with Crippen molar-refractivity contribution < 1.29 is 19.1 Å². The summed E-state index contributed by atoms with van der Waals surface area (Å²) in [5.41, 5.74) is 6.33. The second kappa shape index (κ2) is 6.23. The first kappa shape index (κ1) is 14.8. The molecular weight excluding hydrogens is 280 g/mol. The molecule has 2 heterocycles. The van der Waals surface area contributed by atoms with E-state index in [0.717, 1.165) is 13.0 Å². The molecule has 0 spiro atoms. The predicted octanol–water partition coefficient (Wildman–Crippen LogP) is 1.77. The molecule has 1 aromatic rings. The first-order chi connectivity index (χ1) is 9.54. The Morgan fingerprint density at radius 2 is 2.30 bits per heavy atom. The van der Waals surface area contributed by atoms with Crippen molar-refractivity contribution in [1.82, 2.24) is 0 Å². The number of Topliss-reactive ketones (excluding diaryl/α,β-unsaturated/α-hetero) is 1. The summed E-state index contributed by atoms with van der Waals surface area (Å²) in [6, 6.07) is 0. The van der Waals surface area contributed by atoms with Gasteiger partial charge in [-0.2, -0.15) is 0 Å². The minimum atomic E-state index is -0.531. The lowest BCUT2D eigenvalue weighted by Crippen LogP contribution is -2.15. The summed E-state index contributed by atoms with van der Waals surface area (Å²) in [7, 11) is 1.29. The van der Waals surface area contributed by atoms with Gasteiger partial charge in [0.25, 0.3) is 0 Å². The molecule has 0 amide bonds. The normalized spacial score (nSPS) is 18.0. The molecule has 1 aromatic heterocycles. The average molecular weight is 298 g/mol. The Balaban J connectivity index is 2.22. The van der Waals surface area contributed by atoms with Crippen LogP contribution < -0.4 is 11.1 Å². The maximum absolute atomic E-state index is 11.8. The van der Waals surface area contributed by atoms with Gasteiger partial charge in [-0.15, -0.1) is 11.3 Å². The van der Waals surface area contributed by atoms with Crippen LogP contribution in [0.3, 0.4) is 0 Å². The molecule has 6 nitrogen and oxygen atoms in total. The van der Waals surface area contributed by atoms with Crippen molar-refractivity contribution >= 4 is 33.8 Å². The van der Waals surface area contributed by atoms with Crippen LogP contribution in [-0.2, 0) is 9.47 Å². The molecule has 0 radical (unpaired) electrons. The molecule has 1 atom stereocenters. The van der Waals surface area contributed by atoms with Crippen LogP contribution in [0.2, 0.25) is 0 Å². The number of esters is 1. The SMILES string of the molecule is COC(=O)c1c(NCC2CCOC2)sc(C(C)=O)c1N. The van der Waals surface area contributed by atoms with Gasteiger partial charge in [-0.25, -0.2) is 4.79 Å². The minimum Gasteiger partial charge on any atom is -0.465 e. The fourth-order valence-electron chi connectivity index (χ4n) is 2.12. The molecule has 0 bridgehead atoms. The second-order valence-electron chi connectivity index (χ2n) is 4.71. The highest BCUT2D eigenvalue weighted by atomic mass is 32.1. The summed E-state index contributed by atoms with van der Waals surface area (Å²) < 4.78 is 10.0. The smallest absolute Gasteiger partial charge is 0.343 e. The van der Waals surface area contributed by atoms with Gasteiger partial charge in [0.15, 0.2) is 5.78 Å². The van der Waals surface area contributed by atoms with E-state index in [9.17, 15) is 9.59 Å². The lowest BCUT2D eigenvalue weighted by Gasteiger charge is -2.10. The predicted molar refractivity (Wildman–Crippen MR) is 77.5 cm³/mol. The lowest BCUT2D eigenvalue weighted by atomic mass is 10.1. The van der Waals surface area contributed by atoms with Crippen molar-refractivity contribution in [1.29, 1.82) is 0 Å². The number of carbonyl (C=O) groups is 2. The Bertz CT molecular complexity index is 521. The molecule has 1 aliphatic heterocycles. The van der Waals surface area contributed by atoms with Crippen LogP contribution in [-0.4, -0.2) is 38.6 Å². The number of hydrogen-bond acceptors (Lipinski definition) is 7. The Labute approximate surface area is 121 Å². The first-order valence-corrected chi connectivity index (χ1v) is 7.19.